The number of para-hydroxylation sites is 1. The molecule has 2 aliphatic heterocycles. The van der Waals surface area contributed by atoms with Crippen LogP contribution in [-0.4, -0.2) is 10.7 Å². The molecule has 4 aromatic carbocycles. The summed E-state index contributed by atoms with van der Waals surface area (Å²) < 4.78 is 20.9. The Hall–Kier alpha value is -3.66. The summed E-state index contributed by atoms with van der Waals surface area (Å²) in [5.41, 5.74) is 3.67. The van der Waals surface area contributed by atoms with E-state index in [2.05, 4.69) is 36.4 Å². The van der Waals surface area contributed by atoms with E-state index in [-0.39, 0.29) is 11.9 Å². The summed E-state index contributed by atoms with van der Waals surface area (Å²) in [6, 6.07) is 29.5. The fourth-order valence-corrected chi connectivity index (χ4v) is 4.46. The molecule has 0 spiro atoms. The van der Waals surface area contributed by atoms with E-state index in [4.69, 9.17) is 9.84 Å². The van der Waals surface area contributed by atoms with Crippen molar-refractivity contribution in [2.45, 2.75) is 18.7 Å². The Balaban J connectivity index is 1.47. The van der Waals surface area contributed by atoms with Crippen LogP contribution >= 0.6 is 0 Å². The quantitative estimate of drug-likeness (QED) is 0.403. The number of benzene rings is 4. The van der Waals surface area contributed by atoms with Gasteiger partial charge in [-0.3, -0.25) is 0 Å². The molecule has 0 aromatic heterocycles. The molecule has 4 heteroatoms. The zero-order valence-electron chi connectivity index (χ0n) is 16.2. The largest absolute Gasteiger partial charge is 0.464 e. The predicted molar refractivity (Wildman–Crippen MR) is 116 cm³/mol. The molecule has 0 bridgehead atoms. The highest BCUT2D eigenvalue weighted by molar-refractivity contribution is 6.04. The van der Waals surface area contributed by atoms with Crippen molar-refractivity contribution >= 4 is 16.5 Å². The van der Waals surface area contributed by atoms with Gasteiger partial charge in [-0.2, -0.15) is 5.10 Å². The first-order valence-electron chi connectivity index (χ1n) is 10.1. The van der Waals surface area contributed by atoms with Gasteiger partial charge in [0.1, 0.15) is 11.6 Å². The van der Waals surface area contributed by atoms with Crippen LogP contribution in [0.25, 0.3) is 10.8 Å². The molecule has 0 fully saturated rings. The second kappa shape index (κ2) is 6.70. The first kappa shape index (κ1) is 17.2. The summed E-state index contributed by atoms with van der Waals surface area (Å²) in [6.07, 6.45) is 0.160. The Morgan fingerprint density at radius 1 is 0.800 bits per heavy atom. The van der Waals surface area contributed by atoms with E-state index in [1.54, 1.807) is 12.1 Å². The van der Waals surface area contributed by atoms with Gasteiger partial charge in [-0.25, -0.2) is 9.40 Å². The number of fused-ring (bicyclic) bond motifs is 4. The average Bonchev–Trinajstić information content (AvgIpc) is 3.24. The van der Waals surface area contributed by atoms with Gasteiger partial charge in [0.05, 0.1) is 17.3 Å². The molecule has 2 aliphatic rings. The normalized spacial score (nSPS) is 19.8. The van der Waals surface area contributed by atoms with Gasteiger partial charge in [-0.15, -0.1) is 0 Å². The van der Waals surface area contributed by atoms with Crippen molar-refractivity contribution in [2.24, 2.45) is 5.10 Å². The number of hydrazone groups is 1. The van der Waals surface area contributed by atoms with E-state index in [1.165, 1.54) is 16.8 Å². The maximum absolute atomic E-state index is 14.6. The molecule has 0 N–H and O–H groups in total. The van der Waals surface area contributed by atoms with Crippen molar-refractivity contribution in [1.29, 1.82) is 0 Å². The van der Waals surface area contributed by atoms with Gasteiger partial charge in [0.25, 0.3) is 0 Å². The van der Waals surface area contributed by atoms with E-state index in [9.17, 15) is 4.39 Å². The molecular weight excluding hydrogens is 375 g/mol. The van der Waals surface area contributed by atoms with Gasteiger partial charge in [0.2, 0.25) is 6.23 Å². The van der Waals surface area contributed by atoms with E-state index >= 15 is 0 Å². The van der Waals surface area contributed by atoms with Crippen molar-refractivity contribution in [1.82, 2.24) is 5.01 Å². The molecule has 30 heavy (non-hydrogen) atoms. The number of nitrogens with zero attached hydrogens (tertiary/aromatic N) is 2. The van der Waals surface area contributed by atoms with Crippen LogP contribution in [0.5, 0.6) is 5.75 Å². The Bertz CT molecular complexity index is 1300. The lowest BCUT2D eigenvalue weighted by atomic mass is 9.95. The first-order valence-corrected chi connectivity index (χ1v) is 10.1. The highest BCUT2D eigenvalue weighted by Gasteiger charge is 2.41. The Morgan fingerprint density at radius 3 is 2.40 bits per heavy atom. The average molecular weight is 394 g/mol. The molecule has 2 heterocycles. The standard InChI is InChI=1S/C26H19FN2O/c27-22-11-5-3-9-20(22)26-29-24(21-10-4-6-12-25(21)30-26)16-23(28-29)19-14-13-17-7-1-2-8-18(17)15-19/h1-15,24,26H,16H2/t24-,26-/m1/s1. The summed E-state index contributed by atoms with van der Waals surface area (Å²) in [5, 5.41) is 9.25. The van der Waals surface area contributed by atoms with E-state index < -0.39 is 6.23 Å². The maximum atomic E-state index is 14.6. The van der Waals surface area contributed by atoms with Gasteiger partial charge in [0.15, 0.2) is 0 Å². The zero-order chi connectivity index (χ0) is 20.1. The molecular formula is C26H19FN2O. The molecule has 0 saturated carbocycles. The topological polar surface area (TPSA) is 24.8 Å². The molecule has 0 radical (unpaired) electrons. The SMILES string of the molecule is Fc1ccccc1[C@H]1Oc2ccccc2[C@H]2CC(c3ccc4ccccc4c3)=NN21. The summed E-state index contributed by atoms with van der Waals surface area (Å²) in [7, 11) is 0. The molecule has 0 unspecified atom stereocenters. The smallest absolute Gasteiger partial charge is 0.216 e. The minimum atomic E-state index is -0.593. The van der Waals surface area contributed by atoms with Crippen LogP contribution < -0.4 is 4.74 Å². The predicted octanol–water partition coefficient (Wildman–Crippen LogP) is 6.22. The molecule has 146 valence electrons. The van der Waals surface area contributed by atoms with Crippen molar-refractivity contribution < 1.29 is 9.13 Å². The fraction of sp³-hybridized carbons (Fsp3) is 0.115. The molecule has 6 rings (SSSR count). The van der Waals surface area contributed by atoms with Crippen molar-refractivity contribution in [3.05, 3.63) is 114 Å². The van der Waals surface area contributed by atoms with Crippen LogP contribution in [0.15, 0.2) is 96.1 Å². The number of hydrogen-bond acceptors (Lipinski definition) is 3. The third-order valence-electron chi connectivity index (χ3n) is 5.95. The van der Waals surface area contributed by atoms with Gasteiger partial charge >= 0.3 is 0 Å². The van der Waals surface area contributed by atoms with Crippen LogP contribution in [0.2, 0.25) is 0 Å². The number of rotatable bonds is 2. The molecule has 0 amide bonds. The summed E-state index contributed by atoms with van der Waals surface area (Å²) in [6.45, 7) is 0. The highest BCUT2D eigenvalue weighted by atomic mass is 19.1. The van der Waals surface area contributed by atoms with E-state index in [1.807, 2.05) is 41.4 Å². The van der Waals surface area contributed by atoms with Crippen molar-refractivity contribution in [3.63, 3.8) is 0 Å². The van der Waals surface area contributed by atoms with Crippen molar-refractivity contribution in [2.75, 3.05) is 0 Å². The minimum absolute atomic E-state index is 0.0148. The lowest BCUT2D eigenvalue weighted by Gasteiger charge is -2.38. The Labute approximate surface area is 174 Å². The summed E-state index contributed by atoms with van der Waals surface area (Å²) >= 11 is 0. The number of hydrogen-bond donors (Lipinski definition) is 0. The third-order valence-corrected chi connectivity index (χ3v) is 5.95. The van der Waals surface area contributed by atoms with Crippen LogP contribution in [0.3, 0.4) is 0 Å². The van der Waals surface area contributed by atoms with Gasteiger partial charge in [-0.1, -0.05) is 72.8 Å². The Kier molecular flexibility index (Phi) is 3.85. The monoisotopic (exact) mass is 394 g/mol. The maximum Gasteiger partial charge on any atom is 0.216 e. The zero-order valence-corrected chi connectivity index (χ0v) is 16.2. The third kappa shape index (κ3) is 2.68. The van der Waals surface area contributed by atoms with Gasteiger partial charge < -0.3 is 4.74 Å². The molecule has 0 saturated heterocycles. The highest BCUT2D eigenvalue weighted by Crippen LogP contribution is 2.47. The Morgan fingerprint density at radius 2 is 1.53 bits per heavy atom. The molecule has 2 atom stereocenters. The van der Waals surface area contributed by atoms with E-state index in [0.29, 0.717) is 5.56 Å². The van der Waals surface area contributed by atoms with E-state index in [0.717, 1.165) is 29.0 Å². The van der Waals surface area contributed by atoms with Gasteiger partial charge in [-0.05, 0) is 34.5 Å². The second-order valence-electron chi connectivity index (χ2n) is 7.74. The molecule has 4 aromatic rings. The molecule has 0 aliphatic carbocycles. The fourth-order valence-electron chi connectivity index (χ4n) is 4.46. The minimum Gasteiger partial charge on any atom is -0.464 e. The lowest BCUT2D eigenvalue weighted by molar-refractivity contribution is -0.0212. The number of halogens is 1. The van der Waals surface area contributed by atoms with Crippen LogP contribution in [0, 0.1) is 5.82 Å². The first-order chi connectivity index (χ1) is 14.8. The summed E-state index contributed by atoms with van der Waals surface area (Å²) in [5.74, 6) is 0.511. The molecule has 3 nitrogen and oxygen atoms in total. The number of ether oxygens (including phenoxy) is 1. The second-order valence-corrected chi connectivity index (χ2v) is 7.74. The van der Waals surface area contributed by atoms with Crippen LogP contribution in [0.4, 0.5) is 4.39 Å². The van der Waals surface area contributed by atoms with Crippen molar-refractivity contribution in [3.8, 4) is 5.75 Å². The van der Waals surface area contributed by atoms with Crippen LogP contribution in [0.1, 0.15) is 35.4 Å². The lowest BCUT2D eigenvalue weighted by Crippen LogP contribution is -2.34. The summed E-state index contributed by atoms with van der Waals surface area (Å²) in [4.78, 5) is 0. The van der Waals surface area contributed by atoms with Crippen LogP contribution in [-0.2, 0) is 0 Å². The van der Waals surface area contributed by atoms with Gasteiger partial charge in [0, 0.05) is 12.0 Å².